The molecule has 0 radical (unpaired) electrons. The lowest BCUT2D eigenvalue weighted by Crippen LogP contribution is -2.45. The van der Waals surface area contributed by atoms with Gasteiger partial charge in [0.25, 0.3) is 0 Å². The Morgan fingerprint density at radius 3 is 2.57 bits per heavy atom. The van der Waals surface area contributed by atoms with Crippen molar-refractivity contribution in [1.82, 2.24) is 10.6 Å². The zero-order chi connectivity index (χ0) is 15.5. The van der Waals surface area contributed by atoms with E-state index in [1.54, 1.807) is 0 Å². The molecule has 116 valence electrons. The second-order valence-electron chi connectivity index (χ2n) is 6.50. The Balaban J connectivity index is 1.92. The van der Waals surface area contributed by atoms with Gasteiger partial charge in [-0.1, -0.05) is 45.0 Å². The maximum Gasteiger partial charge on any atom is 0.237 e. The number of aliphatic hydroxyl groups excluding tert-OH is 1. The van der Waals surface area contributed by atoms with E-state index < -0.39 is 6.10 Å². The van der Waals surface area contributed by atoms with Crippen LogP contribution in [0.3, 0.4) is 0 Å². The van der Waals surface area contributed by atoms with Gasteiger partial charge in [0.05, 0.1) is 12.1 Å². The Labute approximate surface area is 126 Å². The number of aliphatic hydroxyl groups is 1. The van der Waals surface area contributed by atoms with Crippen LogP contribution in [-0.4, -0.2) is 36.2 Å². The Morgan fingerprint density at radius 1 is 1.38 bits per heavy atom. The van der Waals surface area contributed by atoms with Crippen molar-refractivity contribution in [3.63, 3.8) is 0 Å². The zero-order valence-electron chi connectivity index (χ0n) is 13.1. The van der Waals surface area contributed by atoms with Crippen LogP contribution in [0.25, 0.3) is 0 Å². The van der Waals surface area contributed by atoms with Crippen LogP contribution in [0.1, 0.15) is 38.3 Å². The third kappa shape index (κ3) is 4.05. The molecule has 0 aromatic heterocycles. The number of benzene rings is 1. The van der Waals surface area contributed by atoms with Gasteiger partial charge in [-0.2, -0.15) is 0 Å². The highest BCUT2D eigenvalue weighted by atomic mass is 16.3. The van der Waals surface area contributed by atoms with Crippen LogP contribution in [0.2, 0.25) is 0 Å². The van der Waals surface area contributed by atoms with E-state index >= 15 is 0 Å². The second kappa shape index (κ2) is 6.58. The Morgan fingerprint density at radius 2 is 2.05 bits per heavy atom. The lowest BCUT2D eigenvalue weighted by molar-refractivity contribution is -0.123. The van der Waals surface area contributed by atoms with Gasteiger partial charge < -0.3 is 15.7 Å². The molecule has 1 saturated heterocycles. The van der Waals surface area contributed by atoms with Crippen molar-refractivity contribution in [3.05, 3.63) is 35.4 Å². The summed E-state index contributed by atoms with van der Waals surface area (Å²) in [6, 6.07) is 8.31. The van der Waals surface area contributed by atoms with E-state index in [9.17, 15) is 9.90 Å². The fourth-order valence-corrected chi connectivity index (χ4v) is 2.64. The Bertz CT molecular complexity index is 482. The van der Waals surface area contributed by atoms with Gasteiger partial charge in [-0.25, -0.2) is 0 Å². The highest BCUT2D eigenvalue weighted by molar-refractivity contribution is 5.82. The molecule has 1 aromatic rings. The van der Waals surface area contributed by atoms with Crippen molar-refractivity contribution in [1.29, 1.82) is 0 Å². The molecule has 1 aliphatic heterocycles. The molecular formula is C17H26N2O2. The first kappa shape index (κ1) is 16.0. The van der Waals surface area contributed by atoms with Crippen molar-refractivity contribution in [3.8, 4) is 0 Å². The van der Waals surface area contributed by atoms with Crippen LogP contribution in [0, 0.1) is 0 Å². The number of β-amino-alcohol motifs (C(OH)–C–C–N with tert-alkyl or cyclic N) is 1. The molecule has 3 N–H and O–H groups in total. The van der Waals surface area contributed by atoms with Gasteiger partial charge in [0, 0.05) is 18.5 Å². The summed E-state index contributed by atoms with van der Waals surface area (Å²) in [5.41, 5.74) is 2.43. The van der Waals surface area contributed by atoms with Crippen molar-refractivity contribution in [2.45, 2.75) is 51.2 Å². The average Bonchev–Trinajstić information content (AvgIpc) is 2.91. The first-order chi connectivity index (χ1) is 9.92. The number of nitrogens with one attached hydrogen (secondary N) is 2. The monoisotopic (exact) mass is 290 g/mol. The summed E-state index contributed by atoms with van der Waals surface area (Å²) in [6.07, 6.45) is 1.13. The maximum absolute atomic E-state index is 12.1. The molecule has 21 heavy (non-hydrogen) atoms. The minimum Gasteiger partial charge on any atom is -0.392 e. The summed E-state index contributed by atoms with van der Waals surface area (Å²) >= 11 is 0. The molecule has 2 unspecified atom stereocenters. The summed E-state index contributed by atoms with van der Waals surface area (Å²) in [5, 5.41) is 15.5. The number of aryl methyl sites for hydroxylation is 1. The maximum atomic E-state index is 12.1. The summed E-state index contributed by atoms with van der Waals surface area (Å²) in [7, 11) is 0. The van der Waals surface area contributed by atoms with E-state index in [1.165, 1.54) is 11.1 Å². The minimum atomic E-state index is -0.407. The molecule has 4 nitrogen and oxygen atoms in total. The molecule has 0 aliphatic carbocycles. The Hall–Kier alpha value is -1.39. The number of rotatable bonds is 5. The predicted molar refractivity (Wildman–Crippen MR) is 84.3 cm³/mol. The van der Waals surface area contributed by atoms with E-state index in [-0.39, 0.29) is 17.4 Å². The molecule has 0 saturated carbocycles. The van der Waals surface area contributed by atoms with Crippen LogP contribution < -0.4 is 10.6 Å². The third-order valence-corrected chi connectivity index (χ3v) is 4.27. The lowest BCUT2D eigenvalue weighted by Gasteiger charge is -2.26. The van der Waals surface area contributed by atoms with Crippen LogP contribution >= 0.6 is 0 Å². The highest BCUT2D eigenvalue weighted by Gasteiger charge is 2.29. The molecule has 2 rings (SSSR count). The molecule has 1 fully saturated rings. The molecule has 4 heteroatoms. The van der Waals surface area contributed by atoms with Gasteiger partial charge >= 0.3 is 0 Å². The predicted octanol–water partition coefficient (Wildman–Crippen LogP) is 1.37. The lowest BCUT2D eigenvalue weighted by atomic mass is 9.84. The molecular weight excluding hydrogens is 264 g/mol. The van der Waals surface area contributed by atoms with Gasteiger partial charge in [0.15, 0.2) is 0 Å². The summed E-state index contributed by atoms with van der Waals surface area (Å²) < 4.78 is 0. The van der Waals surface area contributed by atoms with Gasteiger partial charge in [-0.15, -0.1) is 0 Å². The van der Waals surface area contributed by atoms with Gasteiger partial charge in [0.2, 0.25) is 5.91 Å². The number of carbonyl (C=O) groups excluding carboxylic acids is 1. The topological polar surface area (TPSA) is 61.4 Å². The molecule has 1 heterocycles. The fraction of sp³-hybridized carbons (Fsp3) is 0.588. The zero-order valence-corrected chi connectivity index (χ0v) is 13.1. The SMILES string of the molecule is CCc1ccc(C(C)(C)CNC(=O)C2CC(O)CN2)cc1. The Kier molecular flexibility index (Phi) is 5.01. The molecule has 1 amide bonds. The smallest absolute Gasteiger partial charge is 0.237 e. The van der Waals surface area contributed by atoms with E-state index in [0.29, 0.717) is 19.5 Å². The number of hydrogen-bond donors (Lipinski definition) is 3. The first-order valence-corrected chi connectivity index (χ1v) is 7.71. The van der Waals surface area contributed by atoms with Crippen LogP contribution in [0.5, 0.6) is 0 Å². The second-order valence-corrected chi connectivity index (χ2v) is 6.50. The summed E-state index contributed by atoms with van der Waals surface area (Å²) in [4.78, 5) is 12.1. The fourth-order valence-electron chi connectivity index (χ4n) is 2.64. The molecule has 0 bridgehead atoms. The quantitative estimate of drug-likeness (QED) is 0.767. The molecule has 0 spiro atoms. The normalized spacial score (nSPS) is 22.3. The van der Waals surface area contributed by atoms with Gasteiger partial charge in [-0.05, 0) is 24.0 Å². The number of amides is 1. The number of hydrogen-bond acceptors (Lipinski definition) is 3. The third-order valence-electron chi connectivity index (χ3n) is 4.27. The van der Waals surface area contributed by atoms with Crippen LogP contribution in [0.4, 0.5) is 0 Å². The van der Waals surface area contributed by atoms with E-state index in [4.69, 9.17) is 0 Å². The van der Waals surface area contributed by atoms with Crippen molar-refractivity contribution in [2.24, 2.45) is 0 Å². The van der Waals surface area contributed by atoms with E-state index in [0.717, 1.165) is 6.42 Å². The van der Waals surface area contributed by atoms with Crippen molar-refractivity contribution < 1.29 is 9.90 Å². The standard InChI is InChI=1S/C17H26N2O2/c1-4-12-5-7-13(8-6-12)17(2,3)11-19-16(21)15-9-14(20)10-18-15/h5-8,14-15,18,20H,4,9-11H2,1-3H3,(H,19,21). The minimum absolute atomic E-state index is 0.0233. The number of carbonyl (C=O) groups is 1. The van der Waals surface area contributed by atoms with Crippen molar-refractivity contribution in [2.75, 3.05) is 13.1 Å². The molecule has 1 aromatic carbocycles. The van der Waals surface area contributed by atoms with Crippen molar-refractivity contribution >= 4 is 5.91 Å². The van der Waals surface area contributed by atoms with Crippen LogP contribution in [-0.2, 0) is 16.6 Å². The highest BCUT2D eigenvalue weighted by Crippen LogP contribution is 2.23. The molecule has 1 aliphatic rings. The van der Waals surface area contributed by atoms with Gasteiger partial charge in [-0.3, -0.25) is 4.79 Å². The molecule has 2 atom stereocenters. The first-order valence-electron chi connectivity index (χ1n) is 7.71. The van der Waals surface area contributed by atoms with Crippen LogP contribution in [0.15, 0.2) is 24.3 Å². The summed E-state index contributed by atoms with van der Waals surface area (Å²) in [5.74, 6) is -0.0233. The van der Waals surface area contributed by atoms with E-state index in [1.807, 2.05) is 0 Å². The van der Waals surface area contributed by atoms with E-state index in [2.05, 4.69) is 55.7 Å². The summed E-state index contributed by atoms with van der Waals surface area (Å²) in [6.45, 7) is 7.49. The average molecular weight is 290 g/mol. The largest absolute Gasteiger partial charge is 0.392 e. The van der Waals surface area contributed by atoms with Gasteiger partial charge in [0.1, 0.15) is 0 Å².